The topological polar surface area (TPSA) is 25.8 Å². The monoisotopic (exact) mass is 262 g/mol. The van der Waals surface area contributed by atoms with Crippen LogP contribution in [0.2, 0.25) is 0 Å². The van der Waals surface area contributed by atoms with Crippen molar-refractivity contribution < 1.29 is 0 Å². The number of thiazole rings is 1. The number of nitrogens with zero attached hydrogens (tertiary/aromatic N) is 2. The minimum absolute atomic E-state index is 0.975. The third kappa shape index (κ3) is 1.71. The summed E-state index contributed by atoms with van der Waals surface area (Å²) in [7, 11) is 0. The van der Waals surface area contributed by atoms with Gasteiger partial charge in [0.1, 0.15) is 10.5 Å². The second-order valence-electron chi connectivity index (χ2n) is 4.37. The lowest BCUT2D eigenvalue weighted by molar-refractivity contribution is 1.40. The van der Waals surface area contributed by atoms with E-state index in [1.165, 1.54) is 10.1 Å². The highest BCUT2D eigenvalue weighted by Crippen LogP contribution is 2.33. The Morgan fingerprint density at radius 3 is 2.47 bits per heavy atom. The van der Waals surface area contributed by atoms with Gasteiger partial charge in [-0.3, -0.25) is 4.98 Å². The van der Waals surface area contributed by atoms with Crippen LogP contribution in [0.1, 0.15) is 0 Å². The SMILES string of the molecule is c1ccc(-c2nc3cnc4ccccc4c3s2)cc1. The molecule has 2 aromatic carbocycles. The minimum atomic E-state index is 0.975. The summed E-state index contributed by atoms with van der Waals surface area (Å²) >= 11 is 1.73. The maximum Gasteiger partial charge on any atom is 0.124 e. The molecule has 90 valence electrons. The summed E-state index contributed by atoms with van der Waals surface area (Å²) < 4.78 is 1.21. The lowest BCUT2D eigenvalue weighted by Gasteiger charge is -1.95. The van der Waals surface area contributed by atoms with E-state index in [9.17, 15) is 0 Å². The Morgan fingerprint density at radius 1 is 0.789 bits per heavy atom. The molecule has 0 aliphatic heterocycles. The lowest BCUT2D eigenvalue weighted by Crippen LogP contribution is -1.78. The Balaban J connectivity index is 2.04. The van der Waals surface area contributed by atoms with Crippen molar-refractivity contribution in [2.45, 2.75) is 0 Å². The number of hydrogen-bond acceptors (Lipinski definition) is 3. The predicted molar refractivity (Wildman–Crippen MR) is 80.4 cm³/mol. The van der Waals surface area contributed by atoms with Gasteiger partial charge < -0.3 is 0 Å². The third-order valence-electron chi connectivity index (χ3n) is 3.15. The van der Waals surface area contributed by atoms with Crippen molar-refractivity contribution in [2.75, 3.05) is 0 Å². The first kappa shape index (κ1) is 10.6. The Bertz CT molecular complexity index is 866. The maximum absolute atomic E-state index is 4.69. The van der Waals surface area contributed by atoms with E-state index in [0.29, 0.717) is 0 Å². The van der Waals surface area contributed by atoms with Gasteiger partial charge in [-0.25, -0.2) is 4.98 Å². The van der Waals surface area contributed by atoms with E-state index in [4.69, 9.17) is 0 Å². The normalized spacial score (nSPS) is 11.2. The van der Waals surface area contributed by atoms with Crippen LogP contribution in [-0.2, 0) is 0 Å². The Morgan fingerprint density at radius 2 is 1.58 bits per heavy atom. The quantitative estimate of drug-likeness (QED) is 0.504. The summed E-state index contributed by atoms with van der Waals surface area (Å²) in [4.78, 5) is 9.15. The average molecular weight is 262 g/mol. The Hall–Kier alpha value is -2.26. The smallest absolute Gasteiger partial charge is 0.124 e. The van der Waals surface area contributed by atoms with Crippen LogP contribution < -0.4 is 0 Å². The Labute approximate surface area is 114 Å². The summed E-state index contributed by atoms with van der Waals surface area (Å²) in [6, 6.07) is 18.5. The van der Waals surface area contributed by atoms with Crippen molar-refractivity contribution >= 4 is 32.5 Å². The van der Waals surface area contributed by atoms with Crippen molar-refractivity contribution in [2.24, 2.45) is 0 Å². The highest BCUT2D eigenvalue weighted by atomic mass is 32.1. The van der Waals surface area contributed by atoms with Crippen LogP contribution in [0.4, 0.5) is 0 Å². The maximum atomic E-state index is 4.69. The van der Waals surface area contributed by atoms with Crippen LogP contribution in [0.3, 0.4) is 0 Å². The summed E-state index contributed by atoms with van der Waals surface area (Å²) in [5.41, 5.74) is 3.16. The van der Waals surface area contributed by atoms with Gasteiger partial charge in [0.2, 0.25) is 0 Å². The molecule has 0 bridgehead atoms. The molecule has 4 aromatic rings. The van der Waals surface area contributed by atoms with Gasteiger partial charge in [0.05, 0.1) is 16.4 Å². The van der Waals surface area contributed by atoms with E-state index >= 15 is 0 Å². The van der Waals surface area contributed by atoms with Gasteiger partial charge >= 0.3 is 0 Å². The van der Waals surface area contributed by atoms with Gasteiger partial charge in [-0.05, 0) is 6.07 Å². The van der Waals surface area contributed by atoms with Crippen LogP contribution >= 0.6 is 11.3 Å². The molecule has 2 aromatic heterocycles. The number of rotatable bonds is 1. The van der Waals surface area contributed by atoms with E-state index in [0.717, 1.165) is 21.6 Å². The molecule has 2 heterocycles. The van der Waals surface area contributed by atoms with Crippen molar-refractivity contribution in [3.63, 3.8) is 0 Å². The first-order valence-electron chi connectivity index (χ1n) is 6.11. The first-order valence-corrected chi connectivity index (χ1v) is 6.93. The number of para-hydroxylation sites is 1. The van der Waals surface area contributed by atoms with Gasteiger partial charge in [-0.15, -0.1) is 11.3 Å². The van der Waals surface area contributed by atoms with E-state index < -0.39 is 0 Å². The fraction of sp³-hybridized carbons (Fsp3) is 0. The number of aromatic nitrogens is 2. The zero-order valence-electron chi connectivity index (χ0n) is 10.1. The van der Waals surface area contributed by atoms with E-state index in [1.54, 1.807) is 11.3 Å². The van der Waals surface area contributed by atoms with Crippen LogP contribution in [-0.4, -0.2) is 9.97 Å². The molecule has 19 heavy (non-hydrogen) atoms. The predicted octanol–water partition coefficient (Wildman–Crippen LogP) is 4.51. The molecule has 0 unspecified atom stereocenters. The largest absolute Gasteiger partial charge is 0.254 e. The molecule has 0 amide bonds. The van der Waals surface area contributed by atoms with Crippen LogP contribution in [0.25, 0.3) is 31.7 Å². The highest BCUT2D eigenvalue weighted by Gasteiger charge is 2.09. The number of pyridine rings is 1. The van der Waals surface area contributed by atoms with E-state index in [-0.39, 0.29) is 0 Å². The standard InChI is InChI=1S/C16H10N2S/c1-2-6-11(7-3-1)16-18-14-10-17-13-9-5-4-8-12(13)15(14)19-16/h1-10H. The molecule has 0 atom stereocenters. The molecule has 0 aliphatic rings. The molecule has 4 rings (SSSR count). The fourth-order valence-corrected chi connectivity index (χ4v) is 3.30. The van der Waals surface area contributed by atoms with E-state index in [1.807, 2.05) is 42.6 Å². The average Bonchev–Trinajstić information content (AvgIpc) is 2.93. The summed E-state index contributed by atoms with van der Waals surface area (Å²) in [5.74, 6) is 0. The molecule has 0 fully saturated rings. The molecule has 0 saturated carbocycles. The molecule has 0 aliphatic carbocycles. The van der Waals surface area contributed by atoms with Gasteiger partial charge in [0.15, 0.2) is 0 Å². The summed E-state index contributed by atoms with van der Waals surface area (Å²) in [6.07, 6.45) is 1.86. The molecular formula is C16H10N2S. The van der Waals surface area contributed by atoms with Gasteiger partial charge in [0, 0.05) is 10.9 Å². The van der Waals surface area contributed by atoms with Crippen LogP contribution in [0.15, 0.2) is 60.8 Å². The number of benzene rings is 2. The molecule has 0 spiro atoms. The van der Waals surface area contributed by atoms with Gasteiger partial charge in [-0.2, -0.15) is 0 Å². The fourth-order valence-electron chi connectivity index (χ4n) is 2.23. The summed E-state index contributed by atoms with van der Waals surface area (Å²) in [6.45, 7) is 0. The Kier molecular flexibility index (Phi) is 2.32. The summed E-state index contributed by atoms with van der Waals surface area (Å²) in [5, 5.41) is 2.23. The third-order valence-corrected chi connectivity index (χ3v) is 4.30. The van der Waals surface area contributed by atoms with Gasteiger partial charge in [-0.1, -0.05) is 48.5 Å². The van der Waals surface area contributed by atoms with Crippen LogP contribution in [0, 0.1) is 0 Å². The highest BCUT2D eigenvalue weighted by molar-refractivity contribution is 7.22. The number of fused-ring (bicyclic) bond motifs is 3. The zero-order valence-corrected chi connectivity index (χ0v) is 10.9. The second-order valence-corrected chi connectivity index (χ2v) is 5.37. The van der Waals surface area contributed by atoms with E-state index in [2.05, 4.69) is 28.2 Å². The number of hydrogen-bond donors (Lipinski definition) is 0. The molecule has 2 nitrogen and oxygen atoms in total. The molecule has 0 N–H and O–H groups in total. The van der Waals surface area contributed by atoms with Crippen molar-refractivity contribution in [3.05, 3.63) is 60.8 Å². The van der Waals surface area contributed by atoms with Crippen LogP contribution in [0.5, 0.6) is 0 Å². The van der Waals surface area contributed by atoms with Crippen molar-refractivity contribution in [3.8, 4) is 10.6 Å². The molecule has 0 radical (unpaired) electrons. The van der Waals surface area contributed by atoms with Crippen molar-refractivity contribution in [1.29, 1.82) is 0 Å². The van der Waals surface area contributed by atoms with Crippen molar-refractivity contribution in [1.82, 2.24) is 9.97 Å². The molecule has 0 saturated heterocycles. The zero-order chi connectivity index (χ0) is 12.7. The molecular weight excluding hydrogens is 252 g/mol. The second kappa shape index (κ2) is 4.14. The molecule has 3 heteroatoms. The lowest BCUT2D eigenvalue weighted by atomic mass is 10.2. The first-order chi connectivity index (χ1) is 9.42. The minimum Gasteiger partial charge on any atom is -0.254 e. The van der Waals surface area contributed by atoms with Gasteiger partial charge in [0.25, 0.3) is 0 Å².